The highest BCUT2D eigenvalue weighted by Gasteiger charge is 2.47. The summed E-state index contributed by atoms with van der Waals surface area (Å²) in [6, 6.07) is 28.6. The first-order valence-electron chi connectivity index (χ1n) is 12.1. The fourth-order valence-corrected chi connectivity index (χ4v) is 4.24. The van der Waals surface area contributed by atoms with Crippen molar-refractivity contribution in [2.45, 2.75) is 57.4 Å². The van der Waals surface area contributed by atoms with Crippen LogP contribution in [0.15, 0.2) is 91.0 Å². The number of amides is 1. The third-order valence-corrected chi connectivity index (χ3v) is 6.00. The van der Waals surface area contributed by atoms with Crippen LogP contribution < -0.4 is 5.32 Å². The SMILES string of the molecule is CC(=O)NC1[C@H](O)OC(COCc2ccccc2)[C@H](OCc2ccccc2)[C@@H]1OCc1ccccc1. The van der Waals surface area contributed by atoms with Crippen molar-refractivity contribution in [2.24, 2.45) is 0 Å². The van der Waals surface area contributed by atoms with Gasteiger partial charge < -0.3 is 29.4 Å². The number of carbonyl (C=O) groups excluding carboxylic acids is 1. The molecule has 0 aromatic heterocycles. The number of aliphatic hydroxyl groups is 1. The van der Waals surface area contributed by atoms with Gasteiger partial charge in [-0.2, -0.15) is 0 Å². The predicted octanol–water partition coefficient (Wildman–Crippen LogP) is 3.60. The lowest BCUT2D eigenvalue weighted by Gasteiger charge is -2.44. The molecule has 1 heterocycles. The van der Waals surface area contributed by atoms with E-state index in [4.69, 9.17) is 18.9 Å². The van der Waals surface area contributed by atoms with Crippen LogP contribution in [-0.4, -0.2) is 48.3 Å². The summed E-state index contributed by atoms with van der Waals surface area (Å²) in [4.78, 5) is 12.0. The first kappa shape index (κ1) is 26.0. The number of ether oxygens (including phenoxy) is 4. The van der Waals surface area contributed by atoms with E-state index < -0.39 is 30.6 Å². The highest BCUT2D eigenvalue weighted by Crippen LogP contribution is 2.27. The van der Waals surface area contributed by atoms with Crippen molar-refractivity contribution in [3.8, 4) is 0 Å². The minimum Gasteiger partial charge on any atom is -0.374 e. The van der Waals surface area contributed by atoms with E-state index in [9.17, 15) is 9.90 Å². The molecule has 3 aromatic carbocycles. The maximum absolute atomic E-state index is 12.0. The molecule has 0 bridgehead atoms. The van der Waals surface area contributed by atoms with Gasteiger partial charge in [0.15, 0.2) is 6.29 Å². The molecule has 5 atom stereocenters. The molecule has 1 aliphatic rings. The molecule has 4 rings (SSSR count). The third-order valence-electron chi connectivity index (χ3n) is 6.00. The second kappa shape index (κ2) is 13.3. The third kappa shape index (κ3) is 7.46. The second-order valence-electron chi connectivity index (χ2n) is 8.81. The average Bonchev–Trinajstić information content (AvgIpc) is 2.90. The lowest BCUT2D eigenvalue weighted by Crippen LogP contribution is -2.65. The van der Waals surface area contributed by atoms with Crippen molar-refractivity contribution in [1.29, 1.82) is 0 Å². The normalized spacial score (nSPS) is 23.8. The topological polar surface area (TPSA) is 86.3 Å². The fraction of sp³-hybridized carbons (Fsp3) is 0.345. The Morgan fingerprint density at radius 3 is 1.75 bits per heavy atom. The van der Waals surface area contributed by atoms with Gasteiger partial charge in [0.05, 0.1) is 26.4 Å². The molecule has 1 saturated heterocycles. The lowest BCUT2D eigenvalue weighted by molar-refractivity contribution is -0.277. The van der Waals surface area contributed by atoms with Crippen molar-refractivity contribution < 1.29 is 28.8 Å². The van der Waals surface area contributed by atoms with E-state index in [2.05, 4.69) is 5.32 Å². The second-order valence-corrected chi connectivity index (χ2v) is 8.81. The van der Waals surface area contributed by atoms with E-state index in [1.165, 1.54) is 6.92 Å². The summed E-state index contributed by atoms with van der Waals surface area (Å²) in [7, 11) is 0. The van der Waals surface area contributed by atoms with Gasteiger partial charge >= 0.3 is 0 Å². The molecular formula is C29H33NO6. The number of nitrogens with one attached hydrogen (secondary N) is 1. The minimum atomic E-state index is -1.28. The lowest BCUT2D eigenvalue weighted by atomic mass is 9.96. The van der Waals surface area contributed by atoms with E-state index in [1.807, 2.05) is 91.0 Å². The predicted molar refractivity (Wildman–Crippen MR) is 135 cm³/mol. The summed E-state index contributed by atoms with van der Waals surface area (Å²) in [5.74, 6) is -0.295. The van der Waals surface area contributed by atoms with E-state index in [0.29, 0.717) is 13.2 Å². The van der Waals surface area contributed by atoms with E-state index >= 15 is 0 Å². The number of carbonyl (C=O) groups is 1. The Balaban J connectivity index is 1.53. The number of rotatable bonds is 11. The number of aliphatic hydroxyl groups excluding tert-OH is 1. The standard InChI is InChI=1S/C29H33NO6/c1-21(31)30-26-28(35-19-24-15-9-4-10-16-24)27(34-18-23-13-7-3-8-14-23)25(36-29(26)32)20-33-17-22-11-5-2-6-12-22/h2-16,25-29,32H,17-20H2,1H3,(H,30,31)/t25?,26?,27-,28+,29+/m0/s1. The van der Waals surface area contributed by atoms with Gasteiger partial charge in [-0.25, -0.2) is 0 Å². The molecule has 0 saturated carbocycles. The molecule has 1 aliphatic heterocycles. The van der Waals surface area contributed by atoms with Gasteiger partial charge in [0.25, 0.3) is 0 Å². The Hall–Kier alpha value is -3.07. The van der Waals surface area contributed by atoms with Crippen molar-refractivity contribution in [1.82, 2.24) is 5.32 Å². The maximum atomic E-state index is 12.0. The van der Waals surface area contributed by atoms with Crippen LogP contribution in [0.3, 0.4) is 0 Å². The minimum absolute atomic E-state index is 0.184. The van der Waals surface area contributed by atoms with Crippen LogP contribution in [0.4, 0.5) is 0 Å². The first-order valence-corrected chi connectivity index (χ1v) is 12.1. The molecular weight excluding hydrogens is 458 g/mol. The van der Waals surface area contributed by atoms with Crippen LogP contribution in [0.1, 0.15) is 23.6 Å². The zero-order valence-corrected chi connectivity index (χ0v) is 20.4. The zero-order chi connectivity index (χ0) is 25.2. The van der Waals surface area contributed by atoms with Gasteiger partial charge in [0.2, 0.25) is 5.91 Å². The average molecular weight is 492 g/mol. The Morgan fingerprint density at radius 1 is 0.778 bits per heavy atom. The van der Waals surface area contributed by atoms with Crippen molar-refractivity contribution in [2.75, 3.05) is 6.61 Å². The van der Waals surface area contributed by atoms with Crippen LogP contribution in [0.5, 0.6) is 0 Å². The van der Waals surface area contributed by atoms with Gasteiger partial charge in [-0.3, -0.25) is 4.79 Å². The molecule has 0 aliphatic carbocycles. The van der Waals surface area contributed by atoms with Crippen molar-refractivity contribution in [3.05, 3.63) is 108 Å². The Kier molecular flexibility index (Phi) is 9.61. The summed E-state index contributed by atoms with van der Waals surface area (Å²) in [5.41, 5.74) is 2.99. The zero-order valence-electron chi connectivity index (χ0n) is 20.4. The van der Waals surface area contributed by atoms with Gasteiger partial charge in [-0.05, 0) is 16.7 Å². The smallest absolute Gasteiger partial charge is 0.217 e. The molecule has 2 unspecified atom stereocenters. The van der Waals surface area contributed by atoms with Gasteiger partial charge in [-0.15, -0.1) is 0 Å². The summed E-state index contributed by atoms with van der Waals surface area (Å²) in [6.07, 6.45) is -3.17. The van der Waals surface area contributed by atoms with Crippen LogP contribution in [-0.2, 0) is 43.6 Å². The molecule has 1 fully saturated rings. The van der Waals surface area contributed by atoms with Gasteiger partial charge in [0.1, 0.15) is 24.4 Å². The summed E-state index contributed by atoms with van der Waals surface area (Å²) in [5, 5.41) is 13.6. The maximum Gasteiger partial charge on any atom is 0.217 e. The molecule has 3 aromatic rings. The van der Waals surface area contributed by atoms with Crippen LogP contribution >= 0.6 is 0 Å². The van der Waals surface area contributed by atoms with Crippen LogP contribution in [0.2, 0.25) is 0 Å². The monoisotopic (exact) mass is 491 g/mol. The largest absolute Gasteiger partial charge is 0.374 e. The van der Waals surface area contributed by atoms with E-state index in [1.54, 1.807) is 0 Å². The summed E-state index contributed by atoms with van der Waals surface area (Å²) in [6.45, 7) is 2.58. The quantitative estimate of drug-likeness (QED) is 0.426. The van der Waals surface area contributed by atoms with Crippen molar-refractivity contribution >= 4 is 5.91 Å². The molecule has 0 spiro atoms. The van der Waals surface area contributed by atoms with E-state index in [0.717, 1.165) is 16.7 Å². The Morgan fingerprint density at radius 2 is 1.25 bits per heavy atom. The molecule has 0 radical (unpaired) electrons. The number of hydrogen-bond donors (Lipinski definition) is 2. The van der Waals surface area contributed by atoms with E-state index in [-0.39, 0.29) is 19.1 Å². The summed E-state index contributed by atoms with van der Waals surface area (Å²) < 4.78 is 24.6. The number of hydrogen-bond acceptors (Lipinski definition) is 6. The molecule has 2 N–H and O–H groups in total. The van der Waals surface area contributed by atoms with Crippen LogP contribution in [0.25, 0.3) is 0 Å². The molecule has 7 heteroatoms. The molecule has 190 valence electrons. The Labute approximate surface area is 212 Å². The highest BCUT2D eigenvalue weighted by molar-refractivity contribution is 5.73. The van der Waals surface area contributed by atoms with Crippen LogP contribution in [0, 0.1) is 0 Å². The van der Waals surface area contributed by atoms with Crippen molar-refractivity contribution in [3.63, 3.8) is 0 Å². The Bertz CT molecular complexity index is 1050. The van der Waals surface area contributed by atoms with Gasteiger partial charge in [0, 0.05) is 6.92 Å². The molecule has 1 amide bonds. The molecule has 7 nitrogen and oxygen atoms in total. The first-order chi connectivity index (χ1) is 17.6. The fourth-order valence-electron chi connectivity index (χ4n) is 4.24. The van der Waals surface area contributed by atoms with Gasteiger partial charge in [-0.1, -0.05) is 91.0 Å². The number of benzene rings is 3. The molecule has 36 heavy (non-hydrogen) atoms. The summed E-state index contributed by atoms with van der Waals surface area (Å²) >= 11 is 0. The highest BCUT2D eigenvalue weighted by atomic mass is 16.7.